The maximum atomic E-state index is 14.1. The number of rotatable bonds is 9. The van der Waals surface area contributed by atoms with Crippen LogP contribution in [0, 0.1) is 12.7 Å². The summed E-state index contributed by atoms with van der Waals surface area (Å²) in [6.45, 7) is 2.94. The molecule has 9 nitrogen and oxygen atoms in total. The molecule has 36 heavy (non-hydrogen) atoms. The van der Waals surface area contributed by atoms with Gasteiger partial charge in [0.2, 0.25) is 0 Å². The molecule has 0 radical (unpaired) electrons. The molecule has 10 heteroatoms. The van der Waals surface area contributed by atoms with Gasteiger partial charge in [-0.15, -0.1) is 10.2 Å². The summed E-state index contributed by atoms with van der Waals surface area (Å²) in [5.41, 5.74) is 4.81. The highest BCUT2D eigenvalue weighted by Gasteiger charge is 2.12. The molecule has 0 spiro atoms. The first kappa shape index (κ1) is 23.3. The Balaban J connectivity index is 1.11. The van der Waals surface area contributed by atoms with Crippen molar-refractivity contribution >= 4 is 16.9 Å². The zero-order valence-corrected chi connectivity index (χ0v) is 19.8. The summed E-state index contributed by atoms with van der Waals surface area (Å²) in [5.74, 6) is -0.554. The first-order valence-corrected chi connectivity index (χ1v) is 11.8. The molecule has 0 aliphatic rings. The number of H-pyrrole nitrogens is 1. The summed E-state index contributed by atoms with van der Waals surface area (Å²) < 4.78 is 15.8. The molecule has 0 fully saturated rings. The lowest BCUT2D eigenvalue weighted by Crippen LogP contribution is -2.23. The van der Waals surface area contributed by atoms with Crippen molar-refractivity contribution in [3.8, 4) is 11.3 Å². The number of amides is 1. The number of carbonyl (C=O) groups is 1. The number of nitrogens with zero attached hydrogens (tertiary/aromatic N) is 6. The molecule has 0 saturated carbocycles. The van der Waals surface area contributed by atoms with Gasteiger partial charge in [0.05, 0.1) is 17.6 Å². The predicted molar refractivity (Wildman–Crippen MR) is 132 cm³/mol. The van der Waals surface area contributed by atoms with E-state index in [4.69, 9.17) is 0 Å². The SMILES string of the molecule is Cc1ccc(CNC(=O)c2cn(CCCCc3cc4cc(-c5ccccc5F)[nH]c4nn3)nn2)cn1. The lowest BCUT2D eigenvalue weighted by atomic mass is 10.1. The average Bonchev–Trinajstić information content (AvgIpc) is 3.53. The minimum absolute atomic E-state index is 0.272. The quantitative estimate of drug-likeness (QED) is 0.306. The van der Waals surface area contributed by atoms with Crippen LogP contribution in [0.2, 0.25) is 0 Å². The molecule has 4 heterocycles. The summed E-state index contributed by atoms with van der Waals surface area (Å²) in [6, 6.07) is 14.3. The van der Waals surface area contributed by atoms with Gasteiger partial charge in [0.1, 0.15) is 5.82 Å². The van der Waals surface area contributed by atoms with E-state index in [2.05, 4.69) is 35.8 Å². The lowest BCUT2D eigenvalue weighted by molar-refractivity contribution is 0.0945. The number of hydrogen-bond acceptors (Lipinski definition) is 6. The molecule has 0 saturated heterocycles. The number of pyridine rings is 1. The number of unbranched alkanes of at least 4 members (excludes halogenated alkanes) is 1. The third-order valence-corrected chi connectivity index (χ3v) is 5.86. The fraction of sp³-hybridized carbons (Fsp3) is 0.231. The lowest BCUT2D eigenvalue weighted by Gasteiger charge is -2.03. The van der Waals surface area contributed by atoms with Crippen LogP contribution in [0.15, 0.2) is 60.9 Å². The molecule has 0 atom stereocenters. The van der Waals surface area contributed by atoms with E-state index < -0.39 is 0 Å². The van der Waals surface area contributed by atoms with Gasteiger partial charge in [0, 0.05) is 35.9 Å². The van der Waals surface area contributed by atoms with Gasteiger partial charge in [-0.25, -0.2) is 4.39 Å². The summed E-state index contributed by atoms with van der Waals surface area (Å²) >= 11 is 0. The number of halogens is 1. The number of carbonyl (C=O) groups excluding carboxylic acids is 1. The van der Waals surface area contributed by atoms with Crippen LogP contribution < -0.4 is 5.32 Å². The van der Waals surface area contributed by atoms with Crippen molar-refractivity contribution in [2.24, 2.45) is 0 Å². The molecule has 0 bridgehead atoms. The minimum Gasteiger partial charge on any atom is -0.346 e. The van der Waals surface area contributed by atoms with Crippen LogP contribution in [-0.2, 0) is 19.5 Å². The van der Waals surface area contributed by atoms with Crippen LogP contribution in [-0.4, -0.2) is 41.1 Å². The molecule has 1 aromatic carbocycles. The molecule has 0 unspecified atom stereocenters. The second kappa shape index (κ2) is 10.4. The van der Waals surface area contributed by atoms with Gasteiger partial charge in [-0.2, -0.15) is 5.10 Å². The van der Waals surface area contributed by atoms with Crippen LogP contribution in [0.25, 0.3) is 22.3 Å². The zero-order chi connectivity index (χ0) is 24.9. The van der Waals surface area contributed by atoms with E-state index in [1.165, 1.54) is 6.07 Å². The average molecular weight is 485 g/mol. The summed E-state index contributed by atoms with van der Waals surface area (Å²) in [5, 5.41) is 20.3. The molecule has 1 amide bonds. The van der Waals surface area contributed by atoms with Gasteiger partial charge in [-0.3, -0.25) is 14.5 Å². The minimum atomic E-state index is -0.283. The molecule has 0 aliphatic heterocycles. The van der Waals surface area contributed by atoms with Crippen molar-refractivity contribution in [2.45, 2.75) is 39.3 Å². The largest absolute Gasteiger partial charge is 0.346 e. The fourth-order valence-corrected chi connectivity index (χ4v) is 3.89. The molecular weight excluding hydrogens is 459 g/mol. The molecule has 5 rings (SSSR count). The van der Waals surface area contributed by atoms with Gasteiger partial charge in [-0.1, -0.05) is 23.4 Å². The van der Waals surface area contributed by atoms with Crippen LogP contribution in [0.4, 0.5) is 4.39 Å². The zero-order valence-electron chi connectivity index (χ0n) is 19.8. The number of hydrogen-bond donors (Lipinski definition) is 2. The van der Waals surface area contributed by atoms with E-state index in [1.807, 2.05) is 31.2 Å². The standard InChI is InChI=1S/C26H25FN8O/c1-17-9-10-18(14-28-17)15-29-26(36)24-16-35(34-32-24)11-5-4-6-20-12-19-13-23(30-25(19)33-31-20)21-7-2-3-8-22(21)27/h2-3,7-10,12-14,16H,4-6,11,15H2,1H3,(H,29,36)(H,30,33). The third kappa shape index (κ3) is 5.43. The van der Waals surface area contributed by atoms with Crippen LogP contribution in [0.3, 0.4) is 0 Å². The second-order valence-corrected chi connectivity index (χ2v) is 8.62. The maximum Gasteiger partial charge on any atom is 0.273 e. The monoisotopic (exact) mass is 484 g/mol. The molecule has 0 aliphatic carbocycles. The summed E-state index contributed by atoms with van der Waals surface area (Å²) in [6.07, 6.45) is 5.85. The first-order chi connectivity index (χ1) is 17.5. The topological polar surface area (TPSA) is 114 Å². The van der Waals surface area contributed by atoms with E-state index in [0.29, 0.717) is 30.0 Å². The van der Waals surface area contributed by atoms with Gasteiger partial charge in [-0.05, 0) is 62.1 Å². The number of aryl methyl sites for hydroxylation is 3. The Morgan fingerprint density at radius 3 is 2.81 bits per heavy atom. The molecular formula is C26H25FN8O. The molecule has 4 aromatic heterocycles. The number of aromatic nitrogens is 7. The van der Waals surface area contributed by atoms with Crippen molar-refractivity contribution in [2.75, 3.05) is 0 Å². The van der Waals surface area contributed by atoms with Crippen molar-refractivity contribution in [3.05, 3.63) is 89.4 Å². The predicted octanol–water partition coefficient (Wildman–Crippen LogP) is 4.01. The third-order valence-electron chi connectivity index (χ3n) is 5.86. The molecule has 5 aromatic rings. The number of aromatic amines is 1. The Morgan fingerprint density at radius 1 is 1.08 bits per heavy atom. The number of benzene rings is 1. The molecule has 182 valence electrons. The van der Waals surface area contributed by atoms with Crippen molar-refractivity contribution in [1.82, 2.24) is 40.5 Å². The molecule has 2 N–H and O–H groups in total. The van der Waals surface area contributed by atoms with E-state index in [1.54, 1.807) is 35.3 Å². The smallest absolute Gasteiger partial charge is 0.273 e. The van der Waals surface area contributed by atoms with E-state index in [-0.39, 0.29) is 17.4 Å². The Morgan fingerprint density at radius 2 is 1.97 bits per heavy atom. The summed E-state index contributed by atoms with van der Waals surface area (Å²) in [4.78, 5) is 19.7. The van der Waals surface area contributed by atoms with Crippen molar-refractivity contribution in [3.63, 3.8) is 0 Å². The van der Waals surface area contributed by atoms with Crippen LogP contribution in [0.1, 0.15) is 40.3 Å². The van der Waals surface area contributed by atoms with Gasteiger partial charge >= 0.3 is 0 Å². The van der Waals surface area contributed by atoms with E-state index >= 15 is 0 Å². The Bertz CT molecular complexity index is 1490. The van der Waals surface area contributed by atoms with Gasteiger partial charge in [0.25, 0.3) is 5.91 Å². The Labute approximate surface area is 206 Å². The van der Waals surface area contributed by atoms with Crippen LogP contribution in [0.5, 0.6) is 0 Å². The summed E-state index contributed by atoms with van der Waals surface area (Å²) in [7, 11) is 0. The highest BCUT2D eigenvalue weighted by Crippen LogP contribution is 2.25. The van der Waals surface area contributed by atoms with Gasteiger partial charge < -0.3 is 10.3 Å². The van der Waals surface area contributed by atoms with Crippen LogP contribution >= 0.6 is 0 Å². The van der Waals surface area contributed by atoms with Gasteiger partial charge in [0.15, 0.2) is 11.3 Å². The normalized spacial score (nSPS) is 11.2. The number of fused-ring (bicyclic) bond motifs is 1. The highest BCUT2D eigenvalue weighted by atomic mass is 19.1. The fourth-order valence-electron chi connectivity index (χ4n) is 3.89. The van der Waals surface area contributed by atoms with E-state index in [9.17, 15) is 9.18 Å². The van der Waals surface area contributed by atoms with E-state index in [0.717, 1.165) is 41.6 Å². The Kier molecular flexibility index (Phi) is 6.74. The number of nitrogens with one attached hydrogen (secondary N) is 2. The highest BCUT2D eigenvalue weighted by molar-refractivity contribution is 5.91. The second-order valence-electron chi connectivity index (χ2n) is 8.62. The van der Waals surface area contributed by atoms with Crippen molar-refractivity contribution in [1.29, 1.82) is 0 Å². The first-order valence-electron chi connectivity index (χ1n) is 11.8. The van der Waals surface area contributed by atoms with Crippen molar-refractivity contribution < 1.29 is 9.18 Å². The maximum absolute atomic E-state index is 14.1. The Hall–Kier alpha value is -4.47.